The van der Waals surface area contributed by atoms with Crippen LogP contribution < -0.4 is 10.1 Å². The molecule has 0 fully saturated rings. The van der Waals surface area contributed by atoms with Crippen molar-refractivity contribution >= 4 is 11.7 Å². The predicted octanol–water partition coefficient (Wildman–Crippen LogP) is 2.81. The molecule has 1 N–H and O–H groups in total. The maximum Gasteiger partial charge on any atom is 0.420 e. The molecule has 2 amide bonds. The highest BCUT2D eigenvalue weighted by atomic mass is 19.4. The topological polar surface area (TPSA) is 41.6 Å². The predicted molar refractivity (Wildman–Crippen MR) is 60.7 cm³/mol. The lowest BCUT2D eigenvalue weighted by molar-refractivity contribution is -0.138. The lowest BCUT2D eigenvalue weighted by atomic mass is 10.1. The average molecular weight is 262 g/mol. The zero-order valence-corrected chi connectivity index (χ0v) is 10.1. The van der Waals surface area contributed by atoms with Crippen LogP contribution in [0, 0.1) is 0 Å². The van der Waals surface area contributed by atoms with Gasteiger partial charge in [-0.1, -0.05) is 0 Å². The quantitative estimate of drug-likeness (QED) is 0.890. The van der Waals surface area contributed by atoms with E-state index in [9.17, 15) is 18.0 Å². The number of nitrogens with one attached hydrogen (secondary N) is 1. The molecular formula is C11H13F3N2O2. The smallest absolute Gasteiger partial charge is 0.420 e. The molecule has 0 bridgehead atoms. The van der Waals surface area contributed by atoms with E-state index in [0.29, 0.717) is 0 Å². The van der Waals surface area contributed by atoms with Gasteiger partial charge in [0.15, 0.2) is 0 Å². The molecule has 7 heteroatoms. The van der Waals surface area contributed by atoms with Gasteiger partial charge in [0.1, 0.15) is 5.75 Å². The molecule has 0 heterocycles. The van der Waals surface area contributed by atoms with Gasteiger partial charge >= 0.3 is 12.2 Å². The lowest BCUT2D eigenvalue weighted by Gasteiger charge is -2.15. The molecule has 0 atom stereocenters. The molecular weight excluding hydrogens is 249 g/mol. The van der Waals surface area contributed by atoms with Gasteiger partial charge in [-0.05, 0) is 18.2 Å². The third-order valence-corrected chi connectivity index (χ3v) is 2.16. The maximum absolute atomic E-state index is 12.7. The molecule has 1 aromatic rings. The second kappa shape index (κ2) is 5.16. The molecule has 0 aromatic heterocycles. The Hall–Kier alpha value is -1.92. The monoisotopic (exact) mass is 262 g/mol. The van der Waals surface area contributed by atoms with Crippen LogP contribution in [-0.2, 0) is 6.18 Å². The van der Waals surface area contributed by atoms with Crippen molar-refractivity contribution in [1.82, 2.24) is 4.90 Å². The van der Waals surface area contributed by atoms with Crippen LogP contribution in [0.2, 0.25) is 0 Å². The Balaban J connectivity index is 3.08. The summed E-state index contributed by atoms with van der Waals surface area (Å²) in [4.78, 5) is 12.5. The van der Waals surface area contributed by atoms with Crippen LogP contribution in [0.1, 0.15) is 5.56 Å². The van der Waals surface area contributed by atoms with E-state index < -0.39 is 17.8 Å². The molecule has 1 aromatic carbocycles. The molecule has 0 aliphatic heterocycles. The molecule has 100 valence electrons. The minimum atomic E-state index is -4.54. The van der Waals surface area contributed by atoms with E-state index in [4.69, 9.17) is 0 Å². The highest BCUT2D eigenvalue weighted by Crippen LogP contribution is 2.37. The fourth-order valence-electron chi connectivity index (χ4n) is 1.24. The summed E-state index contributed by atoms with van der Waals surface area (Å²) < 4.78 is 42.8. The van der Waals surface area contributed by atoms with E-state index in [1.54, 1.807) is 0 Å². The van der Waals surface area contributed by atoms with Crippen LogP contribution >= 0.6 is 0 Å². The van der Waals surface area contributed by atoms with Gasteiger partial charge in [-0.15, -0.1) is 0 Å². The summed E-state index contributed by atoms with van der Waals surface area (Å²) in [5.74, 6) is -0.287. The molecule has 0 saturated carbocycles. The number of alkyl halides is 3. The van der Waals surface area contributed by atoms with E-state index >= 15 is 0 Å². The van der Waals surface area contributed by atoms with Crippen molar-refractivity contribution in [3.8, 4) is 5.75 Å². The normalized spacial score (nSPS) is 11.0. The van der Waals surface area contributed by atoms with E-state index in [1.165, 1.54) is 25.1 Å². The molecule has 0 spiro atoms. The van der Waals surface area contributed by atoms with Crippen molar-refractivity contribution in [2.24, 2.45) is 0 Å². The lowest BCUT2D eigenvalue weighted by Crippen LogP contribution is -2.27. The van der Waals surface area contributed by atoms with Crippen molar-refractivity contribution < 1.29 is 22.7 Å². The van der Waals surface area contributed by atoms with Crippen LogP contribution in [0.5, 0.6) is 5.75 Å². The number of nitrogens with zero attached hydrogens (tertiary/aromatic N) is 1. The van der Waals surface area contributed by atoms with Gasteiger partial charge in [0.25, 0.3) is 0 Å². The van der Waals surface area contributed by atoms with E-state index in [1.807, 2.05) is 0 Å². The number of carbonyl (C=O) groups excluding carboxylic acids is 1. The fourth-order valence-corrected chi connectivity index (χ4v) is 1.24. The average Bonchev–Trinajstić information content (AvgIpc) is 2.27. The Labute approximate surface area is 102 Å². The minimum absolute atomic E-state index is 0.0572. The molecule has 0 aliphatic carbocycles. The van der Waals surface area contributed by atoms with Crippen molar-refractivity contribution in [3.05, 3.63) is 23.8 Å². The van der Waals surface area contributed by atoms with Crippen LogP contribution in [-0.4, -0.2) is 32.1 Å². The first-order valence-corrected chi connectivity index (χ1v) is 4.99. The van der Waals surface area contributed by atoms with Gasteiger partial charge in [0.2, 0.25) is 0 Å². The third-order valence-electron chi connectivity index (χ3n) is 2.16. The zero-order valence-electron chi connectivity index (χ0n) is 10.1. The van der Waals surface area contributed by atoms with E-state index in [-0.39, 0.29) is 11.4 Å². The van der Waals surface area contributed by atoms with Gasteiger partial charge in [-0.2, -0.15) is 13.2 Å². The summed E-state index contributed by atoms with van der Waals surface area (Å²) in [5, 5.41) is 2.34. The van der Waals surface area contributed by atoms with Gasteiger partial charge in [0.05, 0.1) is 12.7 Å². The number of hydrogen-bond donors (Lipinski definition) is 1. The zero-order chi connectivity index (χ0) is 13.9. The van der Waals surface area contributed by atoms with Gasteiger partial charge in [-0.3, -0.25) is 0 Å². The number of anilines is 1. The van der Waals surface area contributed by atoms with Crippen molar-refractivity contribution in [1.29, 1.82) is 0 Å². The Morgan fingerprint density at radius 3 is 2.39 bits per heavy atom. The van der Waals surface area contributed by atoms with Gasteiger partial charge in [-0.25, -0.2) is 4.79 Å². The Kier molecular flexibility index (Phi) is 4.05. The maximum atomic E-state index is 12.7. The molecule has 1 rings (SSSR count). The molecule has 0 aliphatic rings. The van der Waals surface area contributed by atoms with Crippen molar-refractivity contribution in [3.63, 3.8) is 0 Å². The number of rotatable bonds is 2. The number of ether oxygens (including phenoxy) is 1. The Morgan fingerprint density at radius 2 is 1.94 bits per heavy atom. The van der Waals surface area contributed by atoms with E-state index in [0.717, 1.165) is 19.2 Å². The fraction of sp³-hybridized carbons (Fsp3) is 0.364. The summed E-state index contributed by atoms with van der Waals surface area (Å²) in [5.41, 5.74) is -0.872. The van der Waals surface area contributed by atoms with Crippen molar-refractivity contribution in [2.45, 2.75) is 6.18 Å². The van der Waals surface area contributed by atoms with E-state index in [2.05, 4.69) is 10.1 Å². The number of amides is 2. The Bertz CT molecular complexity index is 444. The Morgan fingerprint density at radius 1 is 1.33 bits per heavy atom. The number of carbonyl (C=O) groups is 1. The highest BCUT2D eigenvalue weighted by molar-refractivity contribution is 5.89. The molecule has 0 unspecified atom stereocenters. The minimum Gasteiger partial charge on any atom is -0.496 e. The van der Waals surface area contributed by atoms with Crippen LogP contribution in [0.4, 0.5) is 23.7 Å². The summed E-state index contributed by atoms with van der Waals surface area (Å²) in [6.07, 6.45) is -4.54. The molecule has 4 nitrogen and oxygen atoms in total. The van der Waals surface area contributed by atoms with Crippen molar-refractivity contribution in [2.75, 3.05) is 26.5 Å². The van der Waals surface area contributed by atoms with Crippen LogP contribution in [0.3, 0.4) is 0 Å². The largest absolute Gasteiger partial charge is 0.496 e. The first-order chi connectivity index (χ1) is 8.25. The second-order valence-electron chi connectivity index (χ2n) is 3.74. The molecule has 18 heavy (non-hydrogen) atoms. The number of halogens is 3. The van der Waals surface area contributed by atoms with Crippen LogP contribution in [0.25, 0.3) is 0 Å². The van der Waals surface area contributed by atoms with Gasteiger partial charge < -0.3 is 15.0 Å². The first kappa shape index (κ1) is 14.1. The standard InChI is InChI=1S/C11H13F3N2O2/c1-16(2)10(17)15-7-4-5-9(18-3)8(6-7)11(12,13)14/h4-6H,1-3H3,(H,15,17). The number of hydrogen-bond acceptors (Lipinski definition) is 2. The summed E-state index contributed by atoms with van der Waals surface area (Å²) in [7, 11) is 4.13. The summed E-state index contributed by atoms with van der Waals surface area (Å²) >= 11 is 0. The van der Waals surface area contributed by atoms with Crippen LogP contribution in [0.15, 0.2) is 18.2 Å². The second-order valence-corrected chi connectivity index (χ2v) is 3.74. The summed E-state index contributed by atoms with van der Waals surface area (Å²) in [6, 6.07) is 2.83. The summed E-state index contributed by atoms with van der Waals surface area (Å²) in [6.45, 7) is 0. The van der Waals surface area contributed by atoms with Gasteiger partial charge in [0, 0.05) is 19.8 Å². The molecule has 0 saturated heterocycles. The SMILES string of the molecule is COc1ccc(NC(=O)N(C)C)cc1C(F)(F)F. The number of methoxy groups -OCH3 is 1. The number of urea groups is 1. The number of benzene rings is 1. The molecule has 0 radical (unpaired) electrons. The first-order valence-electron chi connectivity index (χ1n) is 4.99. The highest BCUT2D eigenvalue weighted by Gasteiger charge is 2.34. The third kappa shape index (κ3) is 3.28.